The number of anilines is 1. The third-order valence-electron chi connectivity index (χ3n) is 7.67. The van der Waals surface area contributed by atoms with E-state index < -0.39 is 17.7 Å². The van der Waals surface area contributed by atoms with Crippen LogP contribution in [0.15, 0.2) is 70.6 Å². The number of carbonyl (C=O) groups is 2. The summed E-state index contributed by atoms with van der Waals surface area (Å²) in [6.07, 6.45) is 0.860. The number of Topliss-reactive ketones (excluding diaryl/α,β-unsaturated/α-hetero) is 1. The van der Waals surface area contributed by atoms with E-state index >= 15 is 0 Å². The molecule has 1 amide bonds. The fraction of sp³-hybridized carbons (Fsp3) is 0.314. The number of rotatable bonds is 12. The Labute approximate surface area is 291 Å². The summed E-state index contributed by atoms with van der Waals surface area (Å²) in [5, 5.41) is 21.2. The van der Waals surface area contributed by atoms with Crippen molar-refractivity contribution in [3.8, 4) is 23.0 Å². The quantitative estimate of drug-likeness (QED) is 0.0516. The Kier molecular flexibility index (Phi) is 10.4. The average Bonchev–Trinajstić information content (AvgIpc) is 3.66. The van der Waals surface area contributed by atoms with Gasteiger partial charge in [-0.3, -0.25) is 14.5 Å². The first-order valence-corrected chi connectivity index (χ1v) is 17.7. The van der Waals surface area contributed by atoms with Crippen molar-refractivity contribution in [1.29, 1.82) is 0 Å². The van der Waals surface area contributed by atoms with Crippen LogP contribution in [0.25, 0.3) is 5.76 Å². The predicted octanol–water partition coefficient (Wildman–Crippen LogP) is 7.70. The zero-order valence-corrected chi connectivity index (χ0v) is 29.0. The van der Waals surface area contributed by atoms with Gasteiger partial charge in [0.15, 0.2) is 27.3 Å². The van der Waals surface area contributed by atoms with Crippen molar-refractivity contribution in [3.63, 3.8) is 0 Å². The SMILES string of the molecule is CCOc1cc(C2C(=C(O)c3ccc4c(c3)OCCO4)C(=O)C(=O)N2c2nnc(SCc3ccc(Cl)cc3)s2)ccc1OCCC(C)C. The highest BCUT2D eigenvalue weighted by atomic mass is 35.5. The minimum absolute atomic E-state index is 0.0989. The molecule has 2 aliphatic heterocycles. The van der Waals surface area contributed by atoms with E-state index in [1.165, 1.54) is 28.0 Å². The molecule has 1 atom stereocenters. The number of amides is 1. The molecule has 1 fully saturated rings. The van der Waals surface area contributed by atoms with Crippen LogP contribution in [0.3, 0.4) is 0 Å². The third-order valence-corrected chi connectivity index (χ3v) is 10.1. The highest BCUT2D eigenvalue weighted by Gasteiger charge is 2.48. The Hall–Kier alpha value is -4.26. The standard InChI is InChI=1S/C35H34ClN3O7S2/c1-4-43-27-17-22(7-11-25(27)44-14-13-20(2)3)30-29(31(40)23-8-12-26-28(18-23)46-16-15-45-26)32(41)33(42)39(30)34-37-38-35(48-34)47-19-21-5-9-24(36)10-6-21/h5-12,17-18,20,30,40H,4,13-16,19H2,1-3H3. The number of hydrogen-bond donors (Lipinski definition) is 1. The molecule has 1 aromatic heterocycles. The smallest absolute Gasteiger partial charge is 0.301 e. The maximum Gasteiger partial charge on any atom is 0.301 e. The molecule has 3 heterocycles. The van der Waals surface area contributed by atoms with E-state index in [-0.39, 0.29) is 16.5 Å². The number of benzene rings is 3. The monoisotopic (exact) mass is 707 g/mol. The second-order valence-electron chi connectivity index (χ2n) is 11.5. The minimum Gasteiger partial charge on any atom is -0.507 e. The molecule has 1 N–H and O–H groups in total. The van der Waals surface area contributed by atoms with Gasteiger partial charge < -0.3 is 24.1 Å². The van der Waals surface area contributed by atoms with Crippen molar-refractivity contribution in [2.75, 3.05) is 31.3 Å². The zero-order valence-electron chi connectivity index (χ0n) is 26.6. The molecule has 2 aliphatic rings. The minimum atomic E-state index is -1.04. The predicted molar refractivity (Wildman–Crippen MR) is 186 cm³/mol. The van der Waals surface area contributed by atoms with E-state index in [9.17, 15) is 14.7 Å². The van der Waals surface area contributed by atoms with E-state index in [2.05, 4.69) is 24.0 Å². The van der Waals surface area contributed by atoms with Gasteiger partial charge in [0.25, 0.3) is 5.78 Å². The average molecular weight is 708 g/mol. The zero-order chi connectivity index (χ0) is 33.8. The lowest BCUT2D eigenvalue weighted by Gasteiger charge is -2.24. The van der Waals surface area contributed by atoms with Gasteiger partial charge in [-0.05, 0) is 72.9 Å². The van der Waals surface area contributed by atoms with Crippen LogP contribution in [0.5, 0.6) is 23.0 Å². The van der Waals surface area contributed by atoms with E-state index in [4.69, 9.17) is 30.5 Å². The van der Waals surface area contributed by atoms with Gasteiger partial charge in [0.2, 0.25) is 5.13 Å². The molecule has 48 heavy (non-hydrogen) atoms. The molecular weight excluding hydrogens is 674 g/mol. The molecule has 0 bridgehead atoms. The van der Waals surface area contributed by atoms with Gasteiger partial charge in [-0.2, -0.15) is 0 Å². The number of ether oxygens (including phenoxy) is 4. The number of aliphatic hydroxyl groups is 1. The number of nitrogens with zero attached hydrogens (tertiary/aromatic N) is 3. The van der Waals surface area contributed by atoms with Crippen molar-refractivity contribution >= 4 is 57.3 Å². The number of hydrogen-bond acceptors (Lipinski definition) is 11. The molecule has 0 saturated carbocycles. The lowest BCUT2D eigenvalue weighted by Crippen LogP contribution is -2.29. The van der Waals surface area contributed by atoms with Gasteiger partial charge in [-0.15, -0.1) is 10.2 Å². The second kappa shape index (κ2) is 14.9. The topological polar surface area (TPSA) is 120 Å². The third kappa shape index (κ3) is 7.25. The van der Waals surface area contributed by atoms with Crippen molar-refractivity contribution in [3.05, 3.63) is 87.9 Å². The van der Waals surface area contributed by atoms with Crippen LogP contribution in [-0.2, 0) is 15.3 Å². The van der Waals surface area contributed by atoms with Crippen LogP contribution < -0.4 is 23.8 Å². The van der Waals surface area contributed by atoms with E-state index in [1.54, 1.807) is 36.4 Å². The molecule has 0 spiro atoms. The Bertz CT molecular complexity index is 1840. The number of ketones is 1. The Morgan fingerprint density at radius 1 is 1.02 bits per heavy atom. The summed E-state index contributed by atoms with van der Waals surface area (Å²) in [6.45, 7) is 7.73. The van der Waals surface area contributed by atoms with Gasteiger partial charge in [0, 0.05) is 16.3 Å². The van der Waals surface area contributed by atoms with Gasteiger partial charge in [-0.1, -0.05) is 66.7 Å². The number of aliphatic hydroxyl groups excluding tert-OH is 1. The molecule has 4 aromatic rings. The van der Waals surface area contributed by atoms with Crippen LogP contribution >= 0.6 is 34.7 Å². The summed E-state index contributed by atoms with van der Waals surface area (Å²) in [5.74, 6) is 0.991. The van der Waals surface area contributed by atoms with Gasteiger partial charge >= 0.3 is 5.91 Å². The Balaban J connectivity index is 1.40. The Morgan fingerprint density at radius 3 is 2.54 bits per heavy atom. The lowest BCUT2D eigenvalue weighted by atomic mass is 9.95. The molecule has 0 aliphatic carbocycles. The van der Waals surface area contributed by atoms with Crippen LogP contribution in [-0.4, -0.2) is 53.4 Å². The molecular formula is C35H34ClN3O7S2. The first kappa shape index (κ1) is 33.6. The van der Waals surface area contributed by atoms with Crippen LogP contribution in [0.4, 0.5) is 5.13 Å². The molecule has 10 nitrogen and oxygen atoms in total. The number of aromatic nitrogens is 2. The summed E-state index contributed by atoms with van der Waals surface area (Å²) in [6, 6.07) is 16.6. The van der Waals surface area contributed by atoms with Crippen LogP contribution in [0, 0.1) is 5.92 Å². The first-order valence-electron chi connectivity index (χ1n) is 15.5. The van der Waals surface area contributed by atoms with Crippen molar-refractivity contribution in [2.45, 2.75) is 43.3 Å². The number of thioether (sulfide) groups is 1. The summed E-state index contributed by atoms with van der Waals surface area (Å²) < 4.78 is 24.0. The summed E-state index contributed by atoms with van der Waals surface area (Å²) >= 11 is 8.67. The molecule has 3 aromatic carbocycles. The van der Waals surface area contributed by atoms with Crippen molar-refractivity contribution in [1.82, 2.24) is 10.2 Å². The fourth-order valence-corrected chi connectivity index (χ4v) is 7.21. The van der Waals surface area contributed by atoms with Crippen LogP contribution in [0.2, 0.25) is 5.02 Å². The Morgan fingerprint density at radius 2 is 1.79 bits per heavy atom. The molecule has 13 heteroatoms. The second-order valence-corrected chi connectivity index (χ2v) is 14.1. The highest BCUT2D eigenvalue weighted by molar-refractivity contribution is 8.00. The lowest BCUT2D eigenvalue weighted by molar-refractivity contribution is -0.132. The van der Waals surface area contributed by atoms with Crippen molar-refractivity contribution in [2.24, 2.45) is 5.92 Å². The van der Waals surface area contributed by atoms with E-state index in [0.717, 1.165) is 12.0 Å². The molecule has 0 radical (unpaired) electrons. The van der Waals surface area contributed by atoms with Crippen molar-refractivity contribution < 1.29 is 33.6 Å². The first-order chi connectivity index (χ1) is 23.2. The maximum atomic E-state index is 13.8. The number of halogens is 1. The summed E-state index contributed by atoms with van der Waals surface area (Å²) in [5.41, 5.74) is 1.77. The number of carbonyl (C=O) groups excluding carboxylic acids is 2. The normalized spacial score (nSPS) is 16.9. The molecule has 1 saturated heterocycles. The molecule has 6 rings (SSSR count). The fourth-order valence-electron chi connectivity index (χ4n) is 5.26. The van der Waals surface area contributed by atoms with E-state index in [0.29, 0.717) is 81.6 Å². The van der Waals surface area contributed by atoms with E-state index in [1.807, 2.05) is 31.2 Å². The highest BCUT2D eigenvalue weighted by Crippen LogP contribution is 2.46. The van der Waals surface area contributed by atoms with Crippen LogP contribution in [0.1, 0.15) is 49.9 Å². The summed E-state index contributed by atoms with van der Waals surface area (Å²) in [7, 11) is 0. The van der Waals surface area contributed by atoms with Gasteiger partial charge in [-0.25, -0.2) is 0 Å². The number of fused-ring (bicyclic) bond motifs is 1. The molecule has 1 unspecified atom stereocenters. The maximum absolute atomic E-state index is 13.8. The summed E-state index contributed by atoms with van der Waals surface area (Å²) in [4.78, 5) is 28.9. The largest absolute Gasteiger partial charge is 0.507 e. The molecule has 250 valence electrons. The van der Waals surface area contributed by atoms with Gasteiger partial charge in [0.05, 0.1) is 24.8 Å². The van der Waals surface area contributed by atoms with Gasteiger partial charge in [0.1, 0.15) is 19.0 Å².